The highest BCUT2D eigenvalue weighted by Crippen LogP contribution is 2.17. The van der Waals surface area contributed by atoms with Crippen LogP contribution in [0.25, 0.3) is 11.0 Å². The Morgan fingerprint density at radius 2 is 1.77 bits per heavy atom. The van der Waals surface area contributed by atoms with E-state index in [4.69, 9.17) is 11.6 Å². The minimum Gasteiger partial charge on any atom is -0.372 e. The van der Waals surface area contributed by atoms with E-state index in [9.17, 15) is 9.59 Å². The van der Waals surface area contributed by atoms with Crippen molar-refractivity contribution >= 4 is 39.7 Å². The van der Waals surface area contributed by atoms with Gasteiger partial charge in [-0.1, -0.05) is 53.3 Å². The average Bonchev–Trinajstić information content (AvgIpc) is 3.06. The number of rotatable bonds is 6. The number of anilines is 1. The van der Waals surface area contributed by atoms with E-state index in [1.165, 1.54) is 4.52 Å². The fourth-order valence-electron chi connectivity index (χ4n) is 3.40. The first-order chi connectivity index (χ1) is 15.0. The Balaban J connectivity index is 1.72. The van der Waals surface area contributed by atoms with Crippen LogP contribution in [0.1, 0.15) is 30.7 Å². The largest absolute Gasteiger partial charge is 0.372 e. The predicted octanol–water partition coefficient (Wildman–Crippen LogP) is 3.15. The van der Waals surface area contributed by atoms with Gasteiger partial charge in [-0.15, -0.1) is 0 Å². The topological polar surface area (TPSA) is 67.6 Å². The summed E-state index contributed by atoms with van der Waals surface area (Å²) in [5, 5.41) is 4.83. The second kappa shape index (κ2) is 8.99. The standard InChI is InChI=1S/C23H21ClN4O2S/c1-3-27(4-2)17-11-9-15(10-12-17)13-20-22(30)28-23(31-20)25-21(29)19(26-28)14-16-7-5-6-8-18(16)24/h5-13H,3-4,14H2,1-2H3. The zero-order valence-electron chi connectivity index (χ0n) is 17.2. The lowest BCUT2D eigenvalue weighted by Gasteiger charge is -2.20. The van der Waals surface area contributed by atoms with Crippen LogP contribution in [0.15, 0.2) is 58.1 Å². The molecule has 0 saturated heterocycles. The molecule has 0 bridgehead atoms. The summed E-state index contributed by atoms with van der Waals surface area (Å²) in [4.78, 5) is 31.9. The van der Waals surface area contributed by atoms with Crippen molar-refractivity contribution in [2.45, 2.75) is 20.3 Å². The van der Waals surface area contributed by atoms with E-state index in [0.717, 1.165) is 41.2 Å². The maximum absolute atomic E-state index is 12.9. The van der Waals surface area contributed by atoms with Crippen molar-refractivity contribution in [3.63, 3.8) is 0 Å². The Morgan fingerprint density at radius 3 is 2.45 bits per heavy atom. The maximum Gasteiger partial charge on any atom is 0.296 e. The molecule has 0 N–H and O–H groups in total. The van der Waals surface area contributed by atoms with Crippen LogP contribution in [-0.2, 0) is 6.42 Å². The average molecular weight is 453 g/mol. The predicted molar refractivity (Wildman–Crippen MR) is 126 cm³/mol. The second-order valence-electron chi connectivity index (χ2n) is 7.01. The molecule has 0 radical (unpaired) electrons. The molecule has 0 aliphatic heterocycles. The van der Waals surface area contributed by atoms with Crippen molar-refractivity contribution in [2.24, 2.45) is 0 Å². The third kappa shape index (κ3) is 4.38. The van der Waals surface area contributed by atoms with Gasteiger partial charge in [0.2, 0.25) is 4.96 Å². The fraction of sp³-hybridized carbons (Fsp3) is 0.217. The number of hydrogen-bond donors (Lipinski definition) is 0. The van der Waals surface area contributed by atoms with Gasteiger partial charge in [-0.05, 0) is 49.2 Å². The highest BCUT2D eigenvalue weighted by Gasteiger charge is 2.13. The lowest BCUT2D eigenvalue weighted by atomic mass is 10.1. The monoisotopic (exact) mass is 452 g/mol. The number of aromatic nitrogens is 3. The summed E-state index contributed by atoms with van der Waals surface area (Å²) in [6, 6.07) is 15.3. The number of hydrogen-bond acceptors (Lipinski definition) is 6. The molecule has 158 valence electrons. The van der Waals surface area contributed by atoms with Crippen LogP contribution in [0.3, 0.4) is 0 Å². The first kappa shape index (κ1) is 21.2. The van der Waals surface area contributed by atoms with Crippen LogP contribution < -0.4 is 20.6 Å². The molecule has 0 amide bonds. The van der Waals surface area contributed by atoms with Crippen molar-refractivity contribution in [3.05, 3.63) is 95.6 Å². The Morgan fingerprint density at radius 1 is 1.06 bits per heavy atom. The molecule has 2 heterocycles. The number of halogens is 1. The van der Waals surface area contributed by atoms with Crippen molar-refractivity contribution in [1.29, 1.82) is 0 Å². The zero-order chi connectivity index (χ0) is 22.0. The highest BCUT2D eigenvalue weighted by atomic mass is 35.5. The number of thiazole rings is 1. The van der Waals surface area contributed by atoms with Crippen LogP contribution in [0, 0.1) is 0 Å². The molecule has 0 fully saturated rings. The summed E-state index contributed by atoms with van der Waals surface area (Å²) in [5.41, 5.74) is 2.25. The maximum atomic E-state index is 12.9. The van der Waals surface area contributed by atoms with E-state index in [2.05, 4.69) is 28.8 Å². The Labute approximate surface area is 188 Å². The van der Waals surface area contributed by atoms with E-state index in [1.54, 1.807) is 12.1 Å². The van der Waals surface area contributed by atoms with Gasteiger partial charge in [0.1, 0.15) is 5.69 Å². The van der Waals surface area contributed by atoms with Crippen LogP contribution >= 0.6 is 22.9 Å². The molecular weight excluding hydrogens is 432 g/mol. The van der Waals surface area contributed by atoms with Gasteiger partial charge >= 0.3 is 0 Å². The van der Waals surface area contributed by atoms with Gasteiger partial charge in [-0.2, -0.15) is 14.6 Å². The molecular formula is C23H21ClN4O2S. The molecule has 31 heavy (non-hydrogen) atoms. The lowest BCUT2D eigenvalue weighted by molar-refractivity contribution is 0.811. The quantitative estimate of drug-likeness (QED) is 0.449. The van der Waals surface area contributed by atoms with Crippen LogP contribution in [0.2, 0.25) is 5.02 Å². The summed E-state index contributed by atoms with van der Waals surface area (Å²) < 4.78 is 1.68. The van der Waals surface area contributed by atoms with Gasteiger partial charge in [-0.25, -0.2) is 0 Å². The normalized spacial score (nSPS) is 11.9. The minimum atomic E-state index is -0.448. The molecule has 8 heteroatoms. The summed E-state index contributed by atoms with van der Waals surface area (Å²) in [6.07, 6.45) is 2.02. The number of fused-ring (bicyclic) bond motifs is 1. The van der Waals surface area contributed by atoms with Crippen molar-refractivity contribution in [1.82, 2.24) is 14.6 Å². The molecule has 0 spiro atoms. The molecule has 4 rings (SSSR count). The van der Waals surface area contributed by atoms with E-state index >= 15 is 0 Å². The van der Waals surface area contributed by atoms with E-state index in [0.29, 0.717) is 9.55 Å². The minimum absolute atomic E-state index is 0.190. The first-order valence-electron chi connectivity index (χ1n) is 10.0. The first-order valence-corrected chi connectivity index (χ1v) is 11.2. The van der Waals surface area contributed by atoms with Crippen molar-refractivity contribution < 1.29 is 0 Å². The van der Waals surface area contributed by atoms with Gasteiger partial charge in [0.05, 0.1) is 4.53 Å². The summed E-state index contributed by atoms with van der Waals surface area (Å²) in [6.45, 7) is 6.10. The molecule has 0 saturated carbocycles. The summed E-state index contributed by atoms with van der Waals surface area (Å²) in [5.74, 6) is 0. The molecule has 0 aliphatic carbocycles. The van der Waals surface area contributed by atoms with Gasteiger partial charge in [0.25, 0.3) is 11.1 Å². The Kier molecular flexibility index (Phi) is 6.15. The molecule has 6 nitrogen and oxygen atoms in total. The molecule has 2 aromatic heterocycles. The summed E-state index contributed by atoms with van der Waals surface area (Å²) >= 11 is 7.35. The number of nitrogens with zero attached hydrogens (tertiary/aromatic N) is 4. The highest BCUT2D eigenvalue weighted by molar-refractivity contribution is 7.15. The van der Waals surface area contributed by atoms with Crippen molar-refractivity contribution in [2.75, 3.05) is 18.0 Å². The van der Waals surface area contributed by atoms with Gasteiger partial charge in [0.15, 0.2) is 0 Å². The van der Waals surface area contributed by atoms with Crippen LogP contribution in [0.5, 0.6) is 0 Å². The Bertz CT molecular complexity index is 1390. The summed E-state index contributed by atoms with van der Waals surface area (Å²) in [7, 11) is 0. The molecule has 0 aliphatic rings. The molecule has 2 aromatic carbocycles. The lowest BCUT2D eigenvalue weighted by Crippen LogP contribution is -2.28. The third-order valence-electron chi connectivity index (χ3n) is 5.09. The van der Waals surface area contributed by atoms with Crippen LogP contribution in [-0.4, -0.2) is 27.7 Å². The SMILES string of the molecule is CCN(CC)c1ccc(C=c2sc3nc(=O)c(Cc4ccccc4Cl)nn3c2=O)cc1. The third-order valence-corrected chi connectivity index (χ3v) is 6.41. The van der Waals surface area contributed by atoms with Gasteiger partial charge in [-0.3, -0.25) is 9.59 Å². The molecule has 0 unspecified atom stereocenters. The van der Waals surface area contributed by atoms with E-state index < -0.39 is 5.56 Å². The second-order valence-corrected chi connectivity index (χ2v) is 8.42. The Hall–Kier alpha value is -3.03. The number of benzene rings is 2. The van der Waals surface area contributed by atoms with E-state index in [-0.39, 0.29) is 22.6 Å². The molecule has 4 aromatic rings. The fourth-order valence-corrected chi connectivity index (χ4v) is 4.50. The van der Waals surface area contributed by atoms with Gasteiger partial charge < -0.3 is 4.90 Å². The van der Waals surface area contributed by atoms with Crippen molar-refractivity contribution in [3.8, 4) is 0 Å². The zero-order valence-corrected chi connectivity index (χ0v) is 18.8. The smallest absolute Gasteiger partial charge is 0.296 e. The van der Waals surface area contributed by atoms with Crippen LogP contribution in [0.4, 0.5) is 5.69 Å². The molecule has 0 atom stereocenters. The van der Waals surface area contributed by atoms with E-state index in [1.807, 2.05) is 42.5 Å². The van der Waals surface area contributed by atoms with Gasteiger partial charge in [0, 0.05) is 30.2 Å².